The fourth-order valence-corrected chi connectivity index (χ4v) is 4.67. The number of rotatable bonds is 8. The molecule has 0 amide bonds. The summed E-state index contributed by atoms with van der Waals surface area (Å²) in [4.78, 5) is 0. The Balaban J connectivity index is 3.26. The Labute approximate surface area is 130 Å². The third kappa shape index (κ3) is 4.55. The van der Waals surface area contributed by atoms with Crippen molar-refractivity contribution in [3.05, 3.63) is 35.9 Å². The van der Waals surface area contributed by atoms with Crippen molar-refractivity contribution < 1.29 is 8.42 Å². The van der Waals surface area contributed by atoms with E-state index in [0.29, 0.717) is 0 Å². The highest BCUT2D eigenvalue weighted by atomic mass is 32.2. The molecule has 1 aromatic rings. The van der Waals surface area contributed by atoms with Crippen LogP contribution < -0.4 is 5.32 Å². The lowest BCUT2D eigenvalue weighted by molar-refractivity contribution is 0.418. The van der Waals surface area contributed by atoms with Crippen LogP contribution in [0.25, 0.3) is 0 Å². The summed E-state index contributed by atoms with van der Waals surface area (Å²) in [5, 5.41) is 2.68. The van der Waals surface area contributed by atoms with Gasteiger partial charge in [0, 0.05) is 6.04 Å². The molecule has 0 aliphatic heterocycles. The molecular formula is C17H29NO2S. The van der Waals surface area contributed by atoms with E-state index in [2.05, 4.69) is 12.2 Å². The molecule has 21 heavy (non-hydrogen) atoms. The predicted octanol–water partition coefficient (Wildman–Crippen LogP) is 3.58. The van der Waals surface area contributed by atoms with Gasteiger partial charge in [-0.1, -0.05) is 51.1 Å². The molecule has 0 aromatic heterocycles. The average Bonchev–Trinajstić information content (AvgIpc) is 2.43. The quantitative estimate of drug-likeness (QED) is 0.798. The van der Waals surface area contributed by atoms with Gasteiger partial charge in [0.25, 0.3) is 0 Å². The van der Waals surface area contributed by atoms with E-state index in [9.17, 15) is 8.42 Å². The summed E-state index contributed by atoms with van der Waals surface area (Å²) < 4.78 is 25.6. The molecule has 1 N–H and O–H groups in total. The van der Waals surface area contributed by atoms with Gasteiger partial charge in [-0.3, -0.25) is 0 Å². The normalized spacial score (nSPS) is 15.4. The van der Waals surface area contributed by atoms with Gasteiger partial charge in [-0.25, -0.2) is 8.42 Å². The maximum Gasteiger partial charge on any atom is 0.157 e. The SMILES string of the molecule is CCCNC(c1ccccc1)C(C(C)C)S(=O)(=O)C(C)C. The molecule has 0 spiro atoms. The van der Waals surface area contributed by atoms with E-state index in [1.54, 1.807) is 13.8 Å². The van der Waals surface area contributed by atoms with Crippen LogP contribution in [0.15, 0.2) is 30.3 Å². The first-order valence-corrected chi connectivity index (χ1v) is 9.44. The Morgan fingerprint density at radius 2 is 1.62 bits per heavy atom. The second-order valence-corrected chi connectivity index (χ2v) is 8.85. The minimum atomic E-state index is -3.18. The van der Waals surface area contributed by atoms with E-state index in [1.165, 1.54) is 0 Å². The van der Waals surface area contributed by atoms with Crippen molar-refractivity contribution in [2.75, 3.05) is 6.54 Å². The highest BCUT2D eigenvalue weighted by molar-refractivity contribution is 7.92. The van der Waals surface area contributed by atoms with Gasteiger partial charge < -0.3 is 5.32 Å². The summed E-state index contributed by atoms with van der Waals surface area (Å²) in [5.41, 5.74) is 1.05. The topological polar surface area (TPSA) is 46.2 Å². The maximum absolute atomic E-state index is 12.8. The molecule has 1 rings (SSSR count). The van der Waals surface area contributed by atoms with Crippen LogP contribution in [-0.2, 0) is 9.84 Å². The third-order valence-electron chi connectivity index (χ3n) is 3.79. The highest BCUT2D eigenvalue weighted by Crippen LogP contribution is 2.30. The Morgan fingerprint density at radius 3 is 2.05 bits per heavy atom. The van der Waals surface area contributed by atoms with Gasteiger partial charge >= 0.3 is 0 Å². The molecule has 3 nitrogen and oxygen atoms in total. The van der Waals surface area contributed by atoms with Crippen LogP contribution in [-0.4, -0.2) is 25.5 Å². The number of benzene rings is 1. The molecule has 2 unspecified atom stereocenters. The van der Waals surface area contributed by atoms with Crippen molar-refractivity contribution in [3.8, 4) is 0 Å². The standard InChI is InChI=1S/C17H29NO2S/c1-6-12-18-16(15-10-8-7-9-11-15)17(13(2)3)21(19,20)14(4)5/h7-11,13-14,16-18H,6,12H2,1-5H3. The minimum absolute atomic E-state index is 0.0620. The minimum Gasteiger partial charge on any atom is -0.309 e. The van der Waals surface area contributed by atoms with Gasteiger partial charge in [-0.15, -0.1) is 0 Å². The second kappa shape index (κ2) is 7.95. The lowest BCUT2D eigenvalue weighted by Crippen LogP contribution is -2.43. The van der Waals surface area contributed by atoms with Crippen molar-refractivity contribution in [1.82, 2.24) is 5.32 Å². The van der Waals surface area contributed by atoms with Crippen molar-refractivity contribution in [2.45, 2.75) is 57.6 Å². The zero-order chi connectivity index (χ0) is 16.0. The summed E-state index contributed by atoms with van der Waals surface area (Å²) in [6.45, 7) is 10.4. The first-order valence-electron chi connectivity index (χ1n) is 7.83. The summed E-state index contributed by atoms with van der Waals surface area (Å²) in [6.07, 6.45) is 0.982. The zero-order valence-corrected chi connectivity index (χ0v) is 14.7. The van der Waals surface area contributed by atoms with Crippen molar-refractivity contribution >= 4 is 9.84 Å². The maximum atomic E-state index is 12.8. The van der Waals surface area contributed by atoms with Gasteiger partial charge in [-0.2, -0.15) is 0 Å². The second-order valence-electron chi connectivity index (χ2n) is 6.19. The molecule has 120 valence electrons. The van der Waals surface area contributed by atoms with Gasteiger partial charge in [0.05, 0.1) is 10.5 Å². The molecule has 2 atom stereocenters. The molecule has 0 saturated carbocycles. The van der Waals surface area contributed by atoms with Gasteiger partial charge in [0.15, 0.2) is 9.84 Å². The largest absolute Gasteiger partial charge is 0.309 e. The average molecular weight is 311 g/mol. The Hall–Kier alpha value is -0.870. The summed E-state index contributed by atoms with van der Waals surface area (Å²) >= 11 is 0. The van der Waals surface area contributed by atoms with E-state index >= 15 is 0 Å². The molecule has 0 radical (unpaired) electrons. The lowest BCUT2D eigenvalue weighted by atomic mass is 9.96. The van der Waals surface area contributed by atoms with Crippen molar-refractivity contribution in [3.63, 3.8) is 0 Å². The van der Waals surface area contributed by atoms with E-state index < -0.39 is 15.1 Å². The number of sulfone groups is 1. The van der Waals surface area contributed by atoms with Crippen LogP contribution in [0, 0.1) is 5.92 Å². The molecule has 0 aliphatic carbocycles. The molecule has 4 heteroatoms. The van der Waals surface area contributed by atoms with Crippen LogP contribution >= 0.6 is 0 Å². The molecule has 0 bridgehead atoms. The fourth-order valence-electron chi connectivity index (χ4n) is 2.65. The molecule has 1 aromatic carbocycles. The number of hydrogen-bond donors (Lipinski definition) is 1. The van der Waals surface area contributed by atoms with Gasteiger partial charge in [-0.05, 0) is 38.3 Å². The highest BCUT2D eigenvalue weighted by Gasteiger charge is 2.38. The molecule has 0 heterocycles. The van der Waals surface area contributed by atoms with E-state index in [0.717, 1.165) is 18.5 Å². The van der Waals surface area contributed by atoms with E-state index in [4.69, 9.17) is 0 Å². The third-order valence-corrected chi connectivity index (χ3v) is 6.68. The van der Waals surface area contributed by atoms with Gasteiger partial charge in [0.2, 0.25) is 0 Å². The van der Waals surface area contributed by atoms with Crippen LogP contribution in [0.4, 0.5) is 0 Å². The van der Waals surface area contributed by atoms with Crippen LogP contribution in [0.3, 0.4) is 0 Å². The monoisotopic (exact) mass is 311 g/mol. The van der Waals surface area contributed by atoms with E-state index in [1.807, 2.05) is 44.2 Å². The first kappa shape index (κ1) is 18.2. The summed E-state index contributed by atoms with van der Waals surface area (Å²) in [7, 11) is -3.18. The Kier molecular flexibility index (Phi) is 6.88. The Bertz CT molecular complexity index is 509. The van der Waals surface area contributed by atoms with E-state index in [-0.39, 0.29) is 17.2 Å². The van der Waals surface area contributed by atoms with Crippen molar-refractivity contribution in [2.24, 2.45) is 5.92 Å². The summed E-state index contributed by atoms with van der Waals surface area (Å²) in [5.74, 6) is 0.0620. The van der Waals surface area contributed by atoms with Crippen LogP contribution in [0.5, 0.6) is 0 Å². The number of hydrogen-bond acceptors (Lipinski definition) is 3. The van der Waals surface area contributed by atoms with Crippen LogP contribution in [0.1, 0.15) is 52.6 Å². The lowest BCUT2D eigenvalue weighted by Gasteiger charge is -2.32. The van der Waals surface area contributed by atoms with Crippen molar-refractivity contribution in [1.29, 1.82) is 0 Å². The smallest absolute Gasteiger partial charge is 0.157 e. The zero-order valence-electron chi connectivity index (χ0n) is 13.8. The van der Waals surface area contributed by atoms with Gasteiger partial charge in [0.1, 0.15) is 0 Å². The van der Waals surface area contributed by atoms with Crippen LogP contribution in [0.2, 0.25) is 0 Å². The predicted molar refractivity (Wildman–Crippen MR) is 90.2 cm³/mol. The Morgan fingerprint density at radius 1 is 1.05 bits per heavy atom. The molecule has 0 saturated heterocycles. The number of nitrogens with one attached hydrogen (secondary N) is 1. The molecular weight excluding hydrogens is 282 g/mol. The first-order chi connectivity index (χ1) is 9.82. The summed E-state index contributed by atoms with van der Waals surface area (Å²) in [6, 6.07) is 9.77. The molecule has 0 fully saturated rings. The fraction of sp³-hybridized carbons (Fsp3) is 0.647. The molecule has 0 aliphatic rings.